The minimum absolute atomic E-state index is 0.0291. The quantitative estimate of drug-likeness (QED) is 0.426. The first-order valence-electron chi connectivity index (χ1n) is 7.80. The van der Waals surface area contributed by atoms with Gasteiger partial charge in [-0.15, -0.1) is 0 Å². The lowest BCUT2D eigenvalue weighted by molar-refractivity contribution is -0.133. The van der Waals surface area contributed by atoms with Crippen LogP contribution in [0.15, 0.2) is 58.7 Å². The summed E-state index contributed by atoms with van der Waals surface area (Å²) in [6, 6.07) is 14.8. The van der Waals surface area contributed by atoms with E-state index < -0.39 is 12.5 Å². The lowest BCUT2D eigenvalue weighted by Gasteiger charge is -2.05. The first-order valence-corrected chi connectivity index (χ1v) is 7.80. The van der Waals surface area contributed by atoms with Crippen LogP contribution in [0.25, 0.3) is 10.9 Å². The average Bonchev–Trinajstić information content (AvgIpc) is 3.18. The van der Waals surface area contributed by atoms with E-state index in [-0.39, 0.29) is 5.88 Å². The molecule has 1 amide bonds. The highest BCUT2D eigenvalue weighted by molar-refractivity contribution is 6.58. The van der Waals surface area contributed by atoms with Gasteiger partial charge in [-0.2, -0.15) is 0 Å². The van der Waals surface area contributed by atoms with Crippen molar-refractivity contribution >= 4 is 33.9 Å². The SMILES string of the molecule is O=C(CO/N=C1/C(c2c(O)[nH]c3ccccc23)=Nc2ccccc21)NO. The summed E-state index contributed by atoms with van der Waals surface area (Å²) in [5.74, 6) is -0.757. The van der Waals surface area contributed by atoms with E-state index in [2.05, 4.69) is 15.1 Å². The molecule has 0 radical (unpaired) electrons. The molecule has 4 N–H and O–H groups in total. The molecule has 1 aliphatic rings. The molecule has 8 heteroatoms. The Labute approximate surface area is 147 Å². The van der Waals surface area contributed by atoms with Crippen molar-refractivity contribution in [1.82, 2.24) is 10.5 Å². The summed E-state index contributed by atoms with van der Waals surface area (Å²) >= 11 is 0. The minimum atomic E-state index is -0.728. The Morgan fingerprint density at radius 3 is 2.81 bits per heavy atom. The van der Waals surface area contributed by atoms with Gasteiger partial charge in [0.1, 0.15) is 11.4 Å². The third-order valence-corrected chi connectivity index (χ3v) is 4.01. The van der Waals surface area contributed by atoms with Gasteiger partial charge in [-0.3, -0.25) is 10.0 Å². The molecular weight excluding hydrogens is 336 g/mol. The zero-order valence-corrected chi connectivity index (χ0v) is 13.4. The fourth-order valence-electron chi connectivity index (χ4n) is 2.89. The van der Waals surface area contributed by atoms with E-state index in [4.69, 9.17) is 10.0 Å². The molecule has 4 rings (SSSR count). The molecule has 1 aliphatic heterocycles. The zero-order valence-electron chi connectivity index (χ0n) is 13.4. The number of hydrogen-bond donors (Lipinski definition) is 4. The van der Waals surface area contributed by atoms with Crippen molar-refractivity contribution in [2.45, 2.75) is 0 Å². The summed E-state index contributed by atoms with van der Waals surface area (Å²) in [4.78, 5) is 23.7. The van der Waals surface area contributed by atoms with E-state index >= 15 is 0 Å². The summed E-state index contributed by atoms with van der Waals surface area (Å²) in [5, 5.41) is 23.8. The Balaban J connectivity index is 1.82. The Hall–Kier alpha value is -3.65. The number of para-hydroxylation sites is 2. The average molecular weight is 350 g/mol. The number of benzene rings is 2. The van der Waals surface area contributed by atoms with Gasteiger partial charge in [0, 0.05) is 16.5 Å². The fourth-order valence-corrected chi connectivity index (χ4v) is 2.89. The van der Waals surface area contributed by atoms with Crippen LogP contribution >= 0.6 is 0 Å². The van der Waals surface area contributed by atoms with Gasteiger partial charge < -0.3 is 14.9 Å². The number of carbonyl (C=O) groups excluding carboxylic acids is 1. The second-order valence-electron chi connectivity index (χ2n) is 5.62. The number of nitrogens with zero attached hydrogens (tertiary/aromatic N) is 2. The van der Waals surface area contributed by atoms with Crippen molar-refractivity contribution in [3.05, 3.63) is 59.7 Å². The van der Waals surface area contributed by atoms with E-state index in [0.29, 0.717) is 22.7 Å². The predicted octanol–water partition coefficient (Wildman–Crippen LogP) is 2.23. The fraction of sp³-hybridized carbons (Fsp3) is 0.0556. The number of hydrogen-bond acceptors (Lipinski definition) is 6. The van der Waals surface area contributed by atoms with Gasteiger partial charge in [-0.05, 0) is 12.1 Å². The molecule has 0 spiro atoms. The minimum Gasteiger partial charge on any atom is -0.494 e. The molecule has 0 atom stereocenters. The van der Waals surface area contributed by atoms with Gasteiger partial charge in [-0.1, -0.05) is 41.6 Å². The molecule has 0 bridgehead atoms. The van der Waals surface area contributed by atoms with Gasteiger partial charge in [0.2, 0.25) is 0 Å². The Morgan fingerprint density at radius 1 is 1.19 bits per heavy atom. The van der Waals surface area contributed by atoms with Gasteiger partial charge in [0.25, 0.3) is 5.91 Å². The van der Waals surface area contributed by atoms with Crippen molar-refractivity contribution in [2.24, 2.45) is 10.1 Å². The van der Waals surface area contributed by atoms with Crippen LogP contribution in [0.2, 0.25) is 0 Å². The van der Waals surface area contributed by atoms with Crippen molar-refractivity contribution in [3.63, 3.8) is 0 Å². The first kappa shape index (κ1) is 15.9. The number of hydroxylamine groups is 1. The van der Waals surface area contributed by atoms with E-state index in [9.17, 15) is 9.90 Å². The molecular formula is C18H14N4O4. The number of aromatic hydroxyl groups is 1. The van der Waals surface area contributed by atoms with Crippen LogP contribution in [0.4, 0.5) is 5.69 Å². The number of nitrogens with one attached hydrogen (secondary N) is 2. The van der Waals surface area contributed by atoms with Crippen molar-refractivity contribution in [3.8, 4) is 5.88 Å². The topological polar surface area (TPSA) is 119 Å². The van der Waals surface area contributed by atoms with Crippen molar-refractivity contribution < 1.29 is 19.9 Å². The first-order chi connectivity index (χ1) is 12.7. The number of aliphatic imine (C=N–C) groups is 1. The molecule has 130 valence electrons. The second-order valence-corrected chi connectivity index (χ2v) is 5.62. The number of rotatable bonds is 4. The number of fused-ring (bicyclic) bond motifs is 2. The van der Waals surface area contributed by atoms with Crippen molar-refractivity contribution in [2.75, 3.05) is 6.61 Å². The smallest absolute Gasteiger partial charge is 0.284 e. The van der Waals surface area contributed by atoms with Crippen LogP contribution in [-0.2, 0) is 9.63 Å². The van der Waals surface area contributed by atoms with E-state index in [1.807, 2.05) is 48.5 Å². The number of aromatic amines is 1. The summed E-state index contributed by atoms with van der Waals surface area (Å²) in [5.41, 5.74) is 4.97. The monoisotopic (exact) mass is 350 g/mol. The zero-order chi connectivity index (χ0) is 18.1. The van der Waals surface area contributed by atoms with Crippen LogP contribution in [0.3, 0.4) is 0 Å². The number of amides is 1. The number of aromatic nitrogens is 1. The standard InChI is InChI=1S/C18H14N4O4/c23-14(21-25)9-26-22-16-11-6-2-4-8-13(11)19-17(16)15-10-5-1-3-7-12(10)20-18(15)24/h1-8,20,24-25H,9H2,(H,21,23)/b22-16+. The highest BCUT2D eigenvalue weighted by Gasteiger charge is 2.29. The molecule has 2 aromatic carbocycles. The highest BCUT2D eigenvalue weighted by atomic mass is 16.6. The van der Waals surface area contributed by atoms with Gasteiger partial charge >= 0.3 is 0 Å². The maximum Gasteiger partial charge on any atom is 0.284 e. The van der Waals surface area contributed by atoms with E-state index in [1.165, 1.54) is 5.48 Å². The van der Waals surface area contributed by atoms with Gasteiger partial charge in [0.05, 0.1) is 11.3 Å². The third-order valence-electron chi connectivity index (χ3n) is 4.01. The van der Waals surface area contributed by atoms with Crippen LogP contribution < -0.4 is 5.48 Å². The number of H-pyrrole nitrogens is 1. The molecule has 3 aromatic rings. The summed E-state index contributed by atoms with van der Waals surface area (Å²) < 4.78 is 0. The Kier molecular flexibility index (Phi) is 3.86. The summed E-state index contributed by atoms with van der Waals surface area (Å²) in [6.07, 6.45) is 0. The maximum absolute atomic E-state index is 11.1. The largest absolute Gasteiger partial charge is 0.494 e. The van der Waals surface area contributed by atoms with E-state index in [0.717, 1.165) is 16.5 Å². The predicted molar refractivity (Wildman–Crippen MR) is 95.0 cm³/mol. The molecule has 2 heterocycles. The molecule has 1 aromatic heterocycles. The number of oxime groups is 1. The summed E-state index contributed by atoms with van der Waals surface area (Å²) in [7, 11) is 0. The molecule has 0 unspecified atom stereocenters. The van der Waals surface area contributed by atoms with E-state index in [1.54, 1.807) is 0 Å². The van der Waals surface area contributed by atoms with Gasteiger partial charge in [0.15, 0.2) is 12.5 Å². The normalized spacial score (nSPS) is 14.3. The van der Waals surface area contributed by atoms with Crippen molar-refractivity contribution in [1.29, 1.82) is 0 Å². The molecule has 0 saturated heterocycles. The Morgan fingerprint density at radius 2 is 1.96 bits per heavy atom. The second kappa shape index (κ2) is 6.34. The van der Waals surface area contributed by atoms with Crippen LogP contribution in [0, 0.1) is 0 Å². The molecule has 0 saturated carbocycles. The summed E-state index contributed by atoms with van der Waals surface area (Å²) in [6.45, 7) is -0.449. The Bertz CT molecular complexity index is 1070. The van der Waals surface area contributed by atoms with Crippen LogP contribution in [0.1, 0.15) is 11.1 Å². The third kappa shape index (κ3) is 2.58. The van der Waals surface area contributed by atoms with Gasteiger partial charge in [-0.25, -0.2) is 10.5 Å². The van der Waals surface area contributed by atoms with Crippen LogP contribution in [-0.4, -0.2) is 39.2 Å². The lowest BCUT2D eigenvalue weighted by Crippen LogP contribution is -2.23. The van der Waals surface area contributed by atoms with Crippen LogP contribution in [0.5, 0.6) is 5.88 Å². The molecule has 0 aliphatic carbocycles. The molecule has 8 nitrogen and oxygen atoms in total. The highest BCUT2D eigenvalue weighted by Crippen LogP contribution is 2.35. The molecule has 0 fully saturated rings. The molecule has 26 heavy (non-hydrogen) atoms. The maximum atomic E-state index is 11.1. The number of carbonyl (C=O) groups is 1. The lowest BCUT2D eigenvalue weighted by atomic mass is 10.0.